The molecule has 1 saturated carbocycles. The molecule has 4 aromatic rings. The Kier molecular flexibility index (Phi) is 5.07. The fourth-order valence-corrected chi connectivity index (χ4v) is 5.26. The van der Waals surface area contributed by atoms with Crippen LogP contribution in [0, 0.1) is 0 Å². The third-order valence-electron chi connectivity index (χ3n) is 5.72. The Morgan fingerprint density at radius 2 is 1.42 bits per heavy atom. The van der Waals surface area contributed by atoms with Crippen LogP contribution in [-0.4, -0.2) is 35.2 Å². The molecule has 8 nitrogen and oxygen atoms in total. The number of aliphatic carboxylic acids is 1. The zero-order chi connectivity index (χ0) is 23.1. The molecule has 0 amide bonds. The van der Waals surface area contributed by atoms with E-state index >= 15 is 0 Å². The van der Waals surface area contributed by atoms with Crippen LogP contribution in [0.15, 0.2) is 94.2 Å². The number of sulfonamides is 1. The van der Waals surface area contributed by atoms with E-state index in [4.69, 9.17) is 4.42 Å². The van der Waals surface area contributed by atoms with Crippen molar-refractivity contribution in [2.75, 3.05) is 0 Å². The van der Waals surface area contributed by atoms with Gasteiger partial charge in [-0.2, -0.15) is 4.72 Å². The van der Waals surface area contributed by atoms with Gasteiger partial charge in [0.1, 0.15) is 5.54 Å². The minimum absolute atomic E-state index is 0.0478. The van der Waals surface area contributed by atoms with Crippen molar-refractivity contribution in [3.05, 3.63) is 90.5 Å². The van der Waals surface area contributed by atoms with Gasteiger partial charge in [0.05, 0.1) is 4.90 Å². The van der Waals surface area contributed by atoms with Crippen LogP contribution in [0.25, 0.3) is 22.9 Å². The van der Waals surface area contributed by atoms with Crippen molar-refractivity contribution in [3.63, 3.8) is 0 Å². The van der Waals surface area contributed by atoms with Gasteiger partial charge in [-0.3, -0.25) is 4.79 Å². The normalized spacial score (nSPS) is 19.8. The topological polar surface area (TPSA) is 122 Å². The number of carboxylic acid groups (broad SMARTS) is 1. The first kappa shape index (κ1) is 21.0. The molecular weight excluding hydrogens is 442 g/mol. The van der Waals surface area contributed by atoms with Crippen molar-refractivity contribution >= 4 is 16.0 Å². The van der Waals surface area contributed by atoms with Crippen LogP contribution in [0.4, 0.5) is 0 Å². The second-order valence-corrected chi connectivity index (χ2v) is 9.53. The van der Waals surface area contributed by atoms with Crippen molar-refractivity contribution < 1.29 is 22.7 Å². The predicted octanol–water partition coefficient (Wildman–Crippen LogP) is 3.69. The molecule has 9 heteroatoms. The first-order valence-electron chi connectivity index (χ1n) is 10.2. The summed E-state index contributed by atoms with van der Waals surface area (Å²) in [6, 6.07) is 24.2. The van der Waals surface area contributed by atoms with E-state index in [0.29, 0.717) is 11.5 Å². The van der Waals surface area contributed by atoms with Crippen molar-refractivity contribution in [1.29, 1.82) is 0 Å². The summed E-state index contributed by atoms with van der Waals surface area (Å²) in [5, 5.41) is 17.8. The standard InChI is InChI=1S/C24H19N3O5S/c28-23(29)24(15-20(24)16-7-3-1-4-8-16)27-33(30,31)19-13-11-18(12-14-19)22-26-25-21(32-22)17-9-5-2-6-10-17/h1-14,20,27H,15H2,(H,28,29)/t20-,24+/m0/s1. The number of rotatable bonds is 7. The lowest BCUT2D eigenvalue weighted by Gasteiger charge is -2.15. The van der Waals surface area contributed by atoms with E-state index in [2.05, 4.69) is 14.9 Å². The Labute approximate surface area is 190 Å². The van der Waals surface area contributed by atoms with E-state index < -0.39 is 27.4 Å². The molecule has 166 valence electrons. The smallest absolute Gasteiger partial charge is 0.325 e. The summed E-state index contributed by atoms with van der Waals surface area (Å²) < 4.78 is 34.1. The molecule has 2 N–H and O–H groups in total. The first-order chi connectivity index (χ1) is 15.9. The molecular formula is C24H19N3O5S. The average Bonchev–Trinajstić information content (AvgIpc) is 3.34. The molecule has 3 aromatic carbocycles. The molecule has 0 unspecified atom stereocenters. The maximum atomic E-state index is 13.0. The molecule has 1 heterocycles. The number of nitrogens with zero attached hydrogens (tertiary/aromatic N) is 2. The number of carbonyl (C=O) groups is 1. The van der Waals surface area contributed by atoms with E-state index in [1.807, 2.05) is 36.4 Å². The summed E-state index contributed by atoms with van der Waals surface area (Å²) in [6.45, 7) is 0. The van der Waals surface area contributed by atoms with Crippen molar-refractivity contribution in [2.45, 2.75) is 22.8 Å². The molecule has 2 atom stereocenters. The Balaban J connectivity index is 1.37. The molecule has 0 bridgehead atoms. The summed E-state index contributed by atoms with van der Waals surface area (Å²) in [6.07, 6.45) is 0.188. The lowest BCUT2D eigenvalue weighted by atomic mass is 10.1. The van der Waals surface area contributed by atoms with Crippen LogP contribution in [-0.2, 0) is 14.8 Å². The molecule has 1 aromatic heterocycles. The average molecular weight is 461 g/mol. The number of aromatic nitrogens is 2. The quantitative estimate of drug-likeness (QED) is 0.430. The van der Waals surface area contributed by atoms with Gasteiger partial charge in [0.15, 0.2) is 0 Å². The summed E-state index contributed by atoms with van der Waals surface area (Å²) >= 11 is 0. The van der Waals surface area contributed by atoms with Gasteiger partial charge in [-0.05, 0) is 48.4 Å². The van der Waals surface area contributed by atoms with Gasteiger partial charge in [-0.15, -0.1) is 10.2 Å². The van der Waals surface area contributed by atoms with E-state index in [9.17, 15) is 18.3 Å². The molecule has 0 radical (unpaired) electrons. The third-order valence-corrected chi connectivity index (χ3v) is 7.24. The summed E-state index contributed by atoms with van der Waals surface area (Å²) in [7, 11) is -4.08. The molecule has 33 heavy (non-hydrogen) atoms. The molecule has 1 aliphatic carbocycles. The van der Waals surface area contributed by atoms with Crippen molar-refractivity contribution in [3.8, 4) is 22.9 Å². The maximum absolute atomic E-state index is 13.0. The third kappa shape index (κ3) is 3.92. The number of carboxylic acids is 1. The van der Waals surface area contributed by atoms with E-state index in [0.717, 1.165) is 11.1 Å². The first-order valence-corrected chi connectivity index (χ1v) is 11.7. The molecule has 5 rings (SSSR count). The highest BCUT2D eigenvalue weighted by molar-refractivity contribution is 7.89. The number of hydrogen-bond acceptors (Lipinski definition) is 6. The Bertz CT molecular complexity index is 1400. The van der Waals surface area contributed by atoms with Crippen LogP contribution >= 0.6 is 0 Å². The minimum Gasteiger partial charge on any atom is -0.480 e. The van der Waals surface area contributed by atoms with Gasteiger partial charge in [-0.1, -0.05) is 48.5 Å². The lowest BCUT2D eigenvalue weighted by molar-refractivity contribution is -0.140. The van der Waals surface area contributed by atoms with Crippen LogP contribution in [0.5, 0.6) is 0 Å². The zero-order valence-corrected chi connectivity index (χ0v) is 18.1. The minimum atomic E-state index is -4.08. The van der Waals surface area contributed by atoms with E-state index in [1.54, 1.807) is 36.4 Å². The van der Waals surface area contributed by atoms with Gasteiger partial charge in [-0.25, -0.2) is 8.42 Å². The van der Waals surface area contributed by atoms with Crippen LogP contribution < -0.4 is 4.72 Å². The molecule has 1 fully saturated rings. The fourth-order valence-electron chi connectivity index (χ4n) is 3.86. The number of nitrogens with one attached hydrogen (secondary N) is 1. The predicted molar refractivity (Wildman–Crippen MR) is 120 cm³/mol. The zero-order valence-electron chi connectivity index (χ0n) is 17.3. The van der Waals surface area contributed by atoms with Gasteiger partial charge in [0.25, 0.3) is 0 Å². The van der Waals surface area contributed by atoms with Crippen LogP contribution in [0.3, 0.4) is 0 Å². The SMILES string of the molecule is O=C(O)[C@@]1(NS(=O)(=O)c2ccc(-c3nnc(-c4ccccc4)o3)cc2)C[C@H]1c1ccccc1. The Hall–Kier alpha value is -3.82. The highest BCUT2D eigenvalue weighted by Gasteiger charge is 2.63. The second kappa shape index (κ2) is 7.95. The maximum Gasteiger partial charge on any atom is 0.325 e. The lowest BCUT2D eigenvalue weighted by Crippen LogP contribution is -2.44. The fraction of sp³-hybridized carbons (Fsp3) is 0.125. The summed E-state index contributed by atoms with van der Waals surface area (Å²) in [5.41, 5.74) is 0.542. The van der Waals surface area contributed by atoms with Gasteiger partial charge < -0.3 is 9.52 Å². The molecule has 0 spiro atoms. The van der Waals surface area contributed by atoms with Gasteiger partial charge >= 0.3 is 5.97 Å². The van der Waals surface area contributed by atoms with Gasteiger partial charge in [0.2, 0.25) is 21.8 Å². The Morgan fingerprint density at radius 1 is 0.879 bits per heavy atom. The highest BCUT2D eigenvalue weighted by atomic mass is 32.2. The highest BCUT2D eigenvalue weighted by Crippen LogP contribution is 2.52. The van der Waals surface area contributed by atoms with Crippen molar-refractivity contribution in [2.24, 2.45) is 0 Å². The molecule has 1 aliphatic rings. The number of hydrogen-bond donors (Lipinski definition) is 2. The molecule has 0 saturated heterocycles. The van der Waals surface area contributed by atoms with E-state index in [-0.39, 0.29) is 17.2 Å². The molecule has 0 aliphatic heterocycles. The van der Waals surface area contributed by atoms with Crippen LogP contribution in [0.1, 0.15) is 17.9 Å². The second-order valence-electron chi connectivity index (χ2n) is 7.85. The number of benzene rings is 3. The largest absolute Gasteiger partial charge is 0.480 e. The summed E-state index contributed by atoms with van der Waals surface area (Å²) in [5.74, 6) is -1.02. The van der Waals surface area contributed by atoms with E-state index in [1.165, 1.54) is 12.1 Å². The Morgan fingerprint density at radius 3 is 2.00 bits per heavy atom. The monoisotopic (exact) mass is 461 g/mol. The summed E-state index contributed by atoms with van der Waals surface area (Å²) in [4.78, 5) is 11.9. The van der Waals surface area contributed by atoms with Crippen molar-refractivity contribution in [1.82, 2.24) is 14.9 Å². The van der Waals surface area contributed by atoms with Crippen LogP contribution in [0.2, 0.25) is 0 Å². The van der Waals surface area contributed by atoms with Gasteiger partial charge in [0, 0.05) is 17.0 Å².